The van der Waals surface area contributed by atoms with Crippen molar-refractivity contribution in [3.63, 3.8) is 0 Å². The molecule has 4 aromatic carbocycles. The number of benzene rings is 4. The lowest BCUT2D eigenvalue weighted by atomic mass is 10.0. The number of sulfone groups is 1. The fourth-order valence-electron chi connectivity index (χ4n) is 8.28. The standard InChI is InChI=1S/C50H54N4O16S/c1-64-36-17-13-32(14-18-36)27-69-49(60)45-34(30-71(62,63)48-44(47(59)54(45)48)52-42(56)23-31-9-5-4-6-10-31)29-68-37-19-15-33(16-20-37)28-70-50(61)51-39-25-41(67-22-8-12-43(57)66-3)40(65-2)24-38(39)46(58)53-21-7-11-35(53)26-55/h4-6,9-10,13-20,24-25,35,44,48,55H,7-8,11-12,21-23,26-30H2,1-3H3,(H,51,61)(H,52,56). The number of nitrogens with zero attached hydrogens (tertiary/aromatic N) is 2. The van der Waals surface area contributed by atoms with Crippen LogP contribution in [0.1, 0.15) is 52.7 Å². The van der Waals surface area contributed by atoms with E-state index in [1.807, 2.05) is 0 Å². The molecule has 3 heterocycles. The number of β-lactam (4-membered cyclic amide) rings is 1. The highest BCUT2D eigenvalue weighted by molar-refractivity contribution is 7.92. The number of aliphatic hydroxyl groups is 1. The van der Waals surface area contributed by atoms with Crippen molar-refractivity contribution < 1.29 is 75.4 Å². The Hall–Kier alpha value is -7.65. The first-order valence-corrected chi connectivity index (χ1v) is 24.3. The Kier molecular flexibility index (Phi) is 16.8. The van der Waals surface area contributed by atoms with Crippen LogP contribution in [0.2, 0.25) is 0 Å². The number of hydrogen-bond donors (Lipinski definition) is 3. The molecule has 3 unspecified atom stereocenters. The van der Waals surface area contributed by atoms with E-state index < -0.39 is 75.4 Å². The highest BCUT2D eigenvalue weighted by atomic mass is 32.2. The van der Waals surface area contributed by atoms with Crippen LogP contribution in [-0.4, -0.2) is 130 Å². The molecule has 0 radical (unpaired) electrons. The van der Waals surface area contributed by atoms with Crippen LogP contribution in [0.3, 0.4) is 0 Å². The van der Waals surface area contributed by atoms with Crippen molar-refractivity contribution in [2.45, 2.75) is 62.8 Å². The molecule has 3 aliphatic heterocycles. The van der Waals surface area contributed by atoms with Crippen LogP contribution in [0.5, 0.6) is 23.0 Å². The van der Waals surface area contributed by atoms with Crippen molar-refractivity contribution in [2.75, 3.05) is 58.8 Å². The van der Waals surface area contributed by atoms with Gasteiger partial charge < -0.3 is 48.5 Å². The number of ether oxygens (including phenoxy) is 7. The molecule has 376 valence electrons. The van der Waals surface area contributed by atoms with Crippen LogP contribution in [0.15, 0.2) is 102 Å². The largest absolute Gasteiger partial charge is 0.497 e. The second-order valence-corrected chi connectivity index (χ2v) is 18.8. The highest BCUT2D eigenvalue weighted by Crippen LogP contribution is 2.39. The molecular weight excluding hydrogens is 945 g/mol. The Morgan fingerprint density at radius 1 is 0.789 bits per heavy atom. The molecule has 20 nitrogen and oxygen atoms in total. The van der Waals surface area contributed by atoms with E-state index in [-0.39, 0.29) is 79.0 Å². The maximum Gasteiger partial charge on any atom is 0.411 e. The molecule has 3 atom stereocenters. The van der Waals surface area contributed by atoms with Gasteiger partial charge in [-0.25, -0.2) is 18.0 Å². The summed E-state index contributed by atoms with van der Waals surface area (Å²) in [5, 5.41) is 13.5. The molecular formula is C50H54N4O16S. The van der Waals surface area contributed by atoms with Crippen LogP contribution in [0.4, 0.5) is 10.5 Å². The van der Waals surface area contributed by atoms with Crippen LogP contribution in [0.25, 0.3) is 0 Å². The molecule has 4 amide bonds. The number of fused-ring (bicyclic) bond motifs is 1. The van der Waals surface area contributed by atoms with Gasteiger partial charge in [0, 0.05) is 24.6 Å². The van der Waals surface area contributed by atoms with Crippen molar-refractivity contribution in [3.05, 3.63) is 125 Å². The van der Waals surface area contributed by atoms with Crippen LogP contribution >= 0.6 is 0 Å². The van der Waals surface area contributed by atoms with E-state index in [9.17, 15) is 42.3 Å². The first-order valence-electron chi connectivity index (χ1n) is 22.6. The summed E-state index contributed by atoms with van der Waals surface area (Å²) in [6.45, 7) is -0.644. The predicted molar refractivity (Wildman–Crippen MR) is 253 cm³/mol. The first-order chi connectivity index (χ1) is 34.2. The average Bonchev–Trinajstić information content (AvgIpc) is 3.86. The van der Waals surface area contributed by atoms with E-state index in [1.54, 1.807) is 66.7 Å². The number of amides is 4. The Morgan fingerprint density at radius 3 is 2.14 bits per heavy atom. The Morgan fingerprint density at radius 2 is 1.48 bits per heavy atom. The summed E-state index contributed by atoms with van der Waals surface area (Å²) >= 11 is 0. The van der Waals surface area contributed by atoms with Crippen LogP contribution in [0, 0.1) is 0 Å². The zero-order chi connectivity index (χ0) is 50.7. The summed E-state index contributed by atoms with van der Waals surface area (Å²) in [5.41, 5.74) is 1.53. The molecule has 2 saturated heterocycles. The number of nitrogens with one attached hydrogen (secondary N) is 2. The number of rotatable bonds is 21. The highest BCUT2D eigenvalue weighted by Gasteiger charge is 2.60. The molecule has 0 saturated carbocycles. The van der Waals surface area contributed by atoms with E-state index >= 15 is 0 Å². The Labute approximate surface area is 409 Å². The smallest absolute Gasteiger partial charge is 0.411 e. The monoisotopic (exact) mass is 998 g/mol. The molecule has 0 aliphatic carbocycles. The number of methoxy groups -OCH3 is 3. The van der Waals surface area contributed by atoms with Gasteiger partial charge in [0.15, 0.2) is 26.7 Å². The Bertz CT molecular complexity index is 2750. The summed E-state index contributed by atoms with van der Waals surface area (Å²) in [6, 6.07) is 22.7. The van der Waals surface area contributed by atoms with Gasteiger partial charge in [0.05, 0.1) is 64.0 Å². The average molecular weight is 999 g/mol. The second kappa shape index (κ2) is 23.3. The molecule has 7 rings (SSSR count). The fourth-order valence-corrected chi connectivity index (χ4v) is 10.3. The second-order valence-electron chi connectivity index (χ2n) is 16.7. The number of hydrogen-bond acceptors (Lipinski definition) is 16. The third kappa shape index (κ3) is 12.4. The van der Waals surface area contributed by atoms with Crippen LogP contribution < -0.4 is 29.6 Å². The molecule has 3 N–H and O–H groups in total. The quantitative estimate of drug-likeness (QED) is 0.0460. The number of carbonyl (C=O) groups is 6. The SMILES string of the molecule is COC(=O)CCCOc1cc(NC(=O)OCc2ccc(OCC3=C(C(=O)OCc4ccc(OC)cc4)N4C(=O)C(NC(=O)Cc5ccccc5)C4S(=O)(=O)C3)cc2)c(C(=O)N2CCCC2CO)cc1OC. The minimum Gasteiger partial charge on any atom is -0.497 e. The topological polar surface area (TPSA) is 252 Å². The summed E-state index contributed by atoms with van der Waals surface area (Å²) in [5.74, 6) is -2.69. The number of carbonyl (C=O) groups excluding carboxylic acids is 6. The zero-order valence-electron chi connectivity index (χ0n) is 39.3. The minimum absolute atomic E-state index is 0.0461. The third-order valence-electron chi connectivity index (χ3n) is 11.9. The Balaban J connectivity index is 1.03. The van der Waals surface area contributed by atoms with Crippen molar-refractivity contribution in [3.8, 4) is 23.0 Å². The maximum absolute atomic E-state index is 13.8. The van der Waals surface area contributed by atoms with Gasteiger partial charge in [-0.05, 0) is 66.3 Å². The van der Waals surface area contributed by atoms with E-state index in [4.69, 9.17) is 28.4 Å². The van der Waals surface area contributed by atoms with Gasteiger partial charge in [-0.2, -0.15) is 0 Å². The van der Waals surface area contributed by atoms with Crippen molar-refractivity contribution in [2.24, 2.45) is 0 Å². The van der Waals surface area contributed by atoms with Gasteiger partial charge in [-0.1, -0.05) is 54.6 Å². The summed E-state index contributed by atoms with van der Waals surface area (Å²) in [7, 11) is 0.00316. The van der Waals surface area contributed by atoms with Gasteiger partial charge in [0.2, 0.25) is 5.91 Å². The molecule has 2 fully saturated rings. The van der Waals surface area contributed by atoms with E-state index in [1.165, 1.54) is 50.5 Å². The minimum atomic E-state index is -4.18. The van der Waals surface area contributed by atoms with E-state index in [2.05, 4.69) is 15.4 Å². The number of esters is 2. The number of anilines is 1. The molecule has 71 heavy (non-hydrogen) atoms. The molecule has 0 aromatic heterocycles. The molecule has 4 aromatic rings. The van der Waals surface area contributed by atoms with Gasteiger partial charge in [0.25, 0.3) is 11.8 Å². The molecule has 0 spiro atoms. The lowest BCUT2D eigenvalue weighted by molar-refractivity contribution is -0.153. The first kappa shape index (κ1) is 51.2. The summed E-state index contributed by atoms with van der Waals surface area (Å²) in [6.07, 6.45) is 0.691. The van der Waals surface area contributed by atoms with Gasteiger partial charge in [0.1, 0.15) is 43.1 Å². The maximum atomic E-state index is 13.8. The van der Waals surface area contributed by atoms with E-state index in [0.29, 0.717) is 48.2 Å². The lowest BCUT2D eigenvalue weighted by Gasteiger charge is -2.49. The number of likely N-dealkylation sites (tertiary alicyclic amines) is 1. The van der Waals surface area contributed by atoms with Gasteiger partial charge >= 0.3 is 18.0 Å². The van der Waals surface area contributed by atoms with Crippen molar-refractivity contribution >= 4 is 51.3 Å². The third-order valence-corrected chi connectivity index (χ3v) is 13.9. The van der Waals surface area contributed by atoms with Gasteiger partial charge in [-0.3, -0.25) is 29.4 Å². The normalized spacial score (nSPS) is 17.8. The van der Waals surface area contributed by atoms with Crippen molar-refractivity contribution in [1.82, 2.24) is 15.1 Å². The zero-order valence-corrected chi connectivity index (χ0v) is 40.1. The summed E-state index contributed by atoms with van der Waals surface area (Å²) < 4.78 is 66.0. The fraction of sp³-hybridized carbons (Fsp3) is 0.360. The van der Waals surface area contributed by atoms with E-state index in [0.717, 1.165) is 4.90 Å². The molecule has 0 bridgehead atoms. The predicted octanol–water partition coefficient (Wildman–Crippen LogP) is 4.08. The molecule has 3 aliphatic rings. The van der Waals surface area contributed by atoms with Gasteiger partial charge in [-0.15, -0.1) is 0 Å². The van der Waals surface area contributed by atoms with Crippen LogP contribution in [-0.2, 0) is 62.9 Å². The number of aliphatic hydroxyl groups excluding tert-OH is 1. The summed E-state index contributed by atoms with van der Waals surface area (Å²) in [4.78, 5) is 81.7. The molecule has 21 heteroatoms. The van der Waals surface area contributed by atoms with Crippen molar-refractivity contribution in [1.29, 1.82) is 0 Å². The lowest BCUT2D eigenvalue weighted by Crippen LogP contribution is -2.75.